The molecule has 5 aliphatic carbocycles. The fraction of sp³-hybridized carbons (Fsp3) is 0.900. The number of hydrogen-bond acceptors (Lipinski definition) is 2. The summed E-state index contributed by atoms with van der Waals surface area (Å²) in [4.78, 5) is 12.9. The fourth-order valence-corrected chi connectivity index (χ4v) is 11.5. The highest BCUT2D eigenvalue weighted by atomic mass is 16.3. The topological polar surface area (TPSA) is 37.3 Å². The quantitative estimate of drug-likeness (QED) is 0.438. The summed E-state index contributed by atoms with van der Waals surface area (Å²) < 4.78 is 0. The van der Waals surface area contributed by atoms with Crippen LogP contribution >= 0.6 is 0 Å². The van der Waals surface area contributed by atoms with Gasteiger partial charge in [-0.3, -0.25) is 4.79 Å². The summed E-state index contributed by atoms with van der Waals surface area (Å²) in [6, 6.07) is 0. The minimum Gasteiger partial charge on any atom is -0.393 e. The van der Waals surface area contributed by atoms with Gasteiger partial charge in [-0.25, -0.2) is 0 Å². The summed E-state index contributed by atoms with van der Waals surface area (Å²) >= 11 is 0. The minimum atomic E-state index is -0.410. The van der Waals surface area contributed by atoms with Gasteiger partial charge in [-0.2, -0.15) is 0 Å². The van der Waals surface area contributed by atoms with Crippen molar-refractivity contribution in [2.45, 2.75) is 112 Å². The first-order valence-electron chi connectivity index (χ1n) is 13.6. The average molecular weight is 441 g/mol. The van der Waals surface area contributed by atoms with Crippen molar-refractivity contribution in [3.05, 3.63) is 12.2 Å². The highest BCUT2D eigenvalue weighted by molar-refractivity contribution is 5.85. The molecule has 0 bridgehead atoms. The highest BCUT2D eigenvalue weighted by Crippen LogP contribution is 2.77. The van der Waals surface area contributed by atoms with E-state index in [2.05, 4.69) is 55.0 Å². The van der Waals surface area contributed by atoms with Crippen molar-refractivity contribution < 1.29 is 9.90 Å². The molecule has 2 nitrogen and oxygen atoms in total. The zero-order valence-electron chi connectivity index (χ0n) is 21.9. The first-order chi connectivity index (χ1) is 14.7. The molecular weight excluding hydrogens is 392 g/mol. The lowest BCUT2D eigenvalue weighted by atomic mass is 9.32. The Labute approximate surface area is 197 Å². The maximum Gasteiger partial charge on any atom is 0.138 e. The van der Waals surface area contributed by atoms with Crippen molar-refractivity contribution in [3.63, 3.8) is 0 Å². The first-order valence-corrected chi connectivity index (χ1v) is 13.6. The predicted octanol–water partition coefficient (Wildman–Crippen LogP) is 7.20. The summed E-state index contributed by atoms with van der Waals surface area (Å²) in [5.41, 5.74) is 1.92. The average Bonchev–Trinajstić information content (AvgIpc) is 3.03. The van der Waals surface area contributed by atoms with Gasteiger partial charge in [0.2, 0.25) is 0 Å². The number of carbonyl (C=O) groups is 1. The maximum absolute atomic E-state index is 12.9. The van der Waals surface area contributed by atoms with Gasteiger partial charge in [-0.1, -0.05) is 53.7 Å². The lowest BCUT2D eigenvalue weighted by Crippen LogP contribution is -2.69. The molecule has 32 heavy (non-hydrogen) atoms. The molecule has 0 radical (unpaired) electrons. The summed E-state index contributed by atoms with van der Waals surface area (Å²) in [5.74, 6) is 3.23. The third-order valence-corrected chi connectivity index (χ3v) is 13.1. The van der Waals surface area contributed by atoms with Crippen LogP contribution in [-0.2, 0) is 4.79 Å². The van der Waals surface area contributed by atoms with Crippen LogP contribution in [0.5, 0.6) is 0 Å². The summed E-state index contributed by atoms with van der Waals surface area (Å²) in [6.45, 7) is 21.2. The number of carbonyl (C=O) groups excluding carboxylic acids is 1. The van der Waals surface area contributed by atoms with Crippen LogP contribution in [0.2, 0.25) is 0 Å². The van der Waals surface area contributed by atoms with Gasteiger partial charge in [0.25, 0.3) is 0 Å². The van der Waals surface area contributed by atoms with Gasteiger partial charge in [0.1, 0.15) is 5.78 Å². The summed E-state index contributed by atoms with van der Waals surface area (Å²) in [6.07, 6.45) is 10.1. The number of Topliss-reactive ketones (excluding diaryl/α,β-unsaturated/α-hetero) is 1. The lowest BCUT2D eigenvalue weighted by Gasteiger charge is -2.73. The van der Waals surface area contributed by atoms with Crippen molar-refractivity contribution >= 4 is 5.78 Å². The molecule has 0 spiro atoms. The molecule has 1 N–H and O–H groups in total. The molecule has 10 atom stereocenters. The van der Waals surface area contributed by atoms with E-state index in [9.17, 15) is 9.90 Å². The molecule has 5 saturated carbocycles. The highest BCUT2D eigenvalue weighted by Gasteiger charge is 2.71. The van der Waals surface area contributed by atoms with E-state index in [0.717, 1.165) is 24.7 Å². The second-order valence-electron chi connectivity index (χ2n) is 14.6. The number of rotatable bonds is 1. The van der Waals surface area contributed by atoms with Crippen molar-refractivity contribution in [2.24, 2.45) is 56.7 Å². The molecule has 2 heteroatoms. The van der Waals surface area contributed by atoms with Gasteiger partial charge >= 0.3 is 0 Å². The van der Waals surface area contributed by atoms with E-state index in [4.69, 9.17) is 0 Å². The Morgan fingerprint density at radius 3 is 2.28 bits per heavy atom. The van der Waals surface area contributed by atoms with Gasteiger partial charge in [0.05, 0.1) is 6.10 Å². The third kappa shape index (κ3) is 2.60. The molecule has 180 valence electrons. The van der Waals surface area contributed by atoms with Gasteiger partial charge < -0.3 is 5.11 Å². The van der Waals surface area contributed by atoms with E-state index < -0.39 is 5.41 Å². The second-order valence-corrected chi connectivity index (χ2v) is 14.6. The second kappa shape index (κ2) is 6.73. The van der Waals surface area contributed by atoms with E-state index in [1.165, 1.54) is 44.1 Å². The number of ketones is 1. The molecule has 5 rings (SSSR count). The van der Waals surface area contributed by atoms with Gasteiger partial charge in [0.15, 0.2) is 0 Å². The fourth-order valence-electron chi connectivity index (χ4n) is 11.5. The number of fused-ring (bicyclic) bond motifs is 7. The zero-order valence-corrected chi connectivity index (χ0v) is 21.9. The Hall–Kier alpha value is -0.630. The molecule has 0 amide bonds. The van der Waals surface area contributed by atoms with Crippen LogP contribution in [-0.4, -0.2) is 17.0 Å². The lowest BCUT2D eigenvalue weighted by molar-refractivity contribution is -0.258. The van der Waals surface area contributed by atoms with Crippen molar-refractivity contribution in [3.8, 4) is 0 Å². The molecule has 1 unspecified atom stereocenters. The van der Waals surface area contributed by atoms with Crippen molar-refractivity contribution in [2.75, 3.05) is 0 Å². The Kier molecular flexibility index (Phi) is 4.87. The zero-order chi connectivity index (χ0) is 23.5. The first kappa shape index (κ1) is 23.1. The van der Waals surface area contributed by atoms with Crippen LogP contribution in [0.3, 0.4) is 0 Å². The SMILES string of the molecule is C=C(C)[C@@H]1CC[C@]2(C)CC[C@]3(C)[C@H](CC[C@@H]4[C@@]5(C)CCC(=O)C(C)(C)[C@@H]5C(O)C[C@]43C)[C@@H]12. The molecule has 0 saturated heterocycles. The Morgan fingerprint density at radius 1 is 0.938 bits per heavy atom. The largest absolute Gasteiger partial charge is 0.393 e. The van der Waals surface area contributed by atoms with Crippen LogP contribution in [0.15, 0.2) is 12.2 Å². The number of hydrogen-bond donors (Lipinski definition) is 1. The van der Waals surface area contributed by atoms with Crippen LogP contribution in [0.1, 0.15) is 106 Å². The van der Waals surface area contributed by atoms with Crippen LogP contribution in [0.4, 0.5) is 0 Å². The van der Waals surface area contributed by atoms with Gasteiger partial charge in [-0.05, 0) is 104 Å². The molecule has 5 aliphatic rings. The van der Waals surface area contributed by atoms with E-state index in [-0.39, 0.29) is 28.3 Å². The Morgan fingerprint density at radius 2 is 1.62 bits per heavy atom. The van der Waals surface area contributed by atoms with Crippen LogP contribution in [0, 0.1) is 56.7 Å². The molecule has 5 fully saturated rings. The van der Waals surface area contributed by atoms with Crippen molar-refractivity contribution in [1.29, 1.82) is 0 Å². The smallest absolute Gasteiger partial charge is 0.138 e. The summed E-state index contributed by atoms with van der Waals surface area (Å²) in [5, 5.41) is 11.7. The Bertz CT molecular complexity index is 842. The minimum absolute atomic E-state index is 0.0575. The molecule has 0 aromatic rings. The molecule has 0 aromatic heterocycles. The number of allylic oxidation sites excluding steroid dienone is 1. The van der Waals surface area contributed by atoms with Gasteiger partial charge in [0, 0.05) is 17.8 Å². The third-order valence-electron chi connectivity index (χ3n) is 13.1. The predicted molar refractivity (Wildman–Crippen MR) is 131 cm³/mol. The molecule has 0 heterocycles. The summed E-state index contributed by atoms with van der Waals surface area (Å²) in [7, 11) is 0. The molecule has 0 aromatic carbocycles. The van der Waals surface area contributed by atoms with Crippen LogP contribution < -0.4 is 0 Å². The van der Waals surface area contributed by atoms with E-state index in [1.807, 2.05) is 0 Å². The normalized spacial score (nSPS) is 56.6. The monoisotopic (exact) mass is 440 g/mol. The van der Waals surface area contributed by atoms with Crippen molar-refractivity contribution in [1.82, 2.24) is 0 Å². The van der Waals surface area contributed by atoms with E-state index >= 15 is 0 Å². The molecule has 0 aliphatic heterocycles. The van der Waals surface area contributed by atoms with Crippen LogP contribution in [0.25, 0.3) is 0 Å². The van der Waals surface area contributed by atoms with E-state index in [1.54, 1.807) is 0 Å². The number of aliphatic hydroxyl groups is 1. The van der Waals surface area contributed by atoms with E-state index in [0.29, 0.717) is 29.5 Å². The standard InChI is InChI=1S/C30H48O2/c1-18(2)19-11-13-27(5)15-16-29(7)20(24(19)27)9-10-22-28(6)14-12-23(32)26(3,4)25(28)21(31)17-30(22,29)8/h19-22,24-25,31H,1,9-17H2,2-8H3/t19-,20+,21?,22+,24+,25-,27+,28+,29+,30+/m0/s1. The number of aliphatic hydroxyl groups excluding tert-OH is 1. The Balaban J connectivity index is 1.58. The molecular formula is C30H48O2. The maximum atomic E-state index is 12.9. The van der Waals surface area contributed by atoms with Gasteiger partial charge in [-0.15, -0.1) is 0 Å².